The molecule has 11 nitrogen and oxygen atoms in total. The Labute approximate surface area is 235 Å². The highest BCUT2D eigenvalue weighted by Crippen LogP contribution is 2.70. The van der Waals surface area contributed by atoms with E-state index in [4.69, 9.17) is 28.4 Å². The van der Waals surface area contributed by atoms with Crippen LogP contribution in [0.3, 0.4) is 0 Å². The van der Waals surface area contributed by atoms with Gasteiger partial charge in [0.05, 0.1) is 30.1 Å². The third-order valence-corrected chi connectivity index (χ3v) is 10.9. The number of aliphatic hydroxyl groups excluding tert-OH is 2. The maximum Gasteiger partial charge on any atom is 0.309 e. The molecule has 0 aromatic rings. The molecule has 5 rings (SSSR count). The van der Waals surface area contributed by atoms with E-state index in [0.29, 0.717) is 25.7 Å². The molecule has 40 heavy (non-hydrogen) atoms. The van der Waals surface area contributed by atoms with E-state index < -0.39 is 71.1 Å². The van der Waals surface area contributed by atoms with Crippen molar-refractivity contribution in [2.24, 2.45) is 34.5 Å². The third-order valence-electron chi connectivity index (χ3n) is 10.9. The maximum atomic E-state index is 13.0. The highest BCUT2D eigenvalue weighted by Gasteiger charge is 2.81. The number of fused-ring (bicyclic) bond motifs is 3. The van der Waals surface area contributed by atoms with Crippen molar-refractivity contribution < 1.29 is 53.0 Å². The van der Waals surface area contributed by atoms with Gasteiger partial charge in [-0.25, -0.2) is 0 Å². The molecule has 3 aliphatic heterocycles. The Morgan fingerprint density at radius 2 is 1.73 bits per heavy atom. The Morgan fingerprint density at radius 3 is 2.30 bits per heavy atom. The van der Waals surface area contributed by atoms with E-state index in [1.807, 2.05) is 6.92 Å². The molecule has 0 radical (unpaired) electrons. The van der Waals surface area contributed by atoms with Gasteiger partial charge in [0.2, 0.25) is 0 Å². The van der Waals surface area contributed by atoms with Crippen molar-refractivity contribution >= 4 is 17.9 Å². The predicted molar refractivity (Wildman–Crippen MR) is 137 cm³/mol. The van der Waals surface area contributed by atoms with Crippen LogP contribution < -0.4 is 0 Å². The summed E-state index contributed by atoms with van der Waals surface area (Å²) in [5.74, 6) is -2.22. The molecule has 13 atom stereocenters. The minimum Gasteiger partial charge on any atom is -0.465 e. The number of carbonyl (C=O) groups excluding carboxylic acids is 3. The molecular formula is C29H44O11. The standard InChI is InChI=1S/C29H44O11/c1-7-14(2)25(34)40-24-19(32)11-20-27(6,21-9-18-10-23(33)39-26(18)38-21)15(3)8-22(37-17(5)31)28(20,12-35-16(4)30)29(24)13-36-29/h14-15,18-24,26,32-33H,7-13H2,1-6H3/t14-,15-,18+,19-,20-,21+,22+,23+,24+,26-,27+,28+,29-/m1/s1. The Kier molecular flexibility index (Phi) is 7.78. The van der Waals surface area contributed by atoms with Gasteiger partial charge in [0, 0.05) is 31.6 Å². The second-order valence-electron chi connectivity index (χ2n) is 12.9. The minimum absolute atomic E-state index is 0.0296. The molecule has 3 saturated heterocycles. The summed E-state index contributed by atoms with van der Waals surface area (Å²) in [4.78, 5) is 37.7. The van der Waals surface area contributed by atoms with Crippen LogP contribution in [0.25, 0.3) is 0 Å². The zero-order valence-electron chi connectivity index (χ0n) is 24.3. The first-order valence-corrected chi connectivity index (χ1v) is 14.6. The molecule has 5 fully saturated rings. The Morgan fingerprint density at radius 1 is 1.02 bits per heavy atom. The van der Waals surface area contributed by atoms with E-state index in [2.05, 4.69) is 13.8 Å². The number of hydrogen-bond acceptors (Lipinski definition) is 11. The van der Waals surface area contributed by atoms with Gasteiger partial charge in [0.15, 0.2) is 18.7 Å². The number of carbonyl (C=O) groups is 3. The SMILES string of the molecule is CC[C@@H](C)C(=O)O[C@H]1[C@H](O)C[C@@H]2[C@@](C)([C@@H]3C[C@H]4C[C@@H](O)O[C@H]4O3)[C@H](C)C[C@H](OC(C)=O)[C@@]2(COC(C)=O)[C@@]12CO2. The van der Waals surface area contributed by atoms with Crippen LogP contribution >= 0.6 is 0 Å². The summed E-state index contributed by atoms with van der Waals surface area (Å²) in [7, 11) is 0. The Hall–Kier alpha value is -1.79. The smallest absolute Gasteiger partial charge is 0.309 e. The highest BCUT2D eigenvalue weighted by molar-refractivity contribution is 5.72. The first-order valence-electron chi connectivity index (χ1n) is 14.6. The van der Waals surface area contributed by atoms with Crippen LogP contribution in [0, 0.1) is 34.5 Å². The van der Waals surface area contributed by atoms with Crippen LogP contribution in [0.15, 0.2) is 0 Å². The number of aliphatic hydroxyl groups is 2. The second kappa shape index (κ2) is 10.5. The van der Waals surface area contributed by atoms with Crippen molar-refractivity contribution in [3.63, 3.8) is 0 Å². The van der Waals surface area contributed by atoms with Gasteiger partial charge in [0.1, 0.15) is 18.3 Å². The quantitative estimate of drug-likeness (QED) is 0.264. The van der Waals surface area contributed by atoms with Crippen molar-refractivity contribution in [2.45, 2.75) is 116 Å². The van der Waals surface area contributed by atoms with Gasteiger partial charge < -0.3 is 38.6 Å². The maximum absolute atomic E-state index is 13.0. The summed E-state index contributed by atoms with van der Waals surface area (Å²) in [6.07, 6.45) is -2.17. The van der Waals surface area contributed by atoms with Crippen LogP contribution in [-0.2, 0) is 42.8 Å². The zero-order chi connectivity index (χ0) is 29.2. The fourth-order valence-corrected chi connectivity index (χ4v) is 8.34. The summed E-state index contributed by atoms with van der Waals surface area (Å²) >= 11 is 0. The molecule has 3 heterocycles. The molecule has 0 aromatic carbocycles. The molecule has 226 valence electrons. The van der Waals surface area contributed by atoms with Gasteiger partial charge in [-0.05, 0) is 37.5 Å². The van der Waals surface area contributed by atoms with Crippen LogP contribution in [0.2, 0.25) is 0 Å². The second-order valence-corrected chi connectivity index (χ2v) is 12.9. The number of ether oxygens (including phenoxy) is 6. The lowest BCUT2D eigenvalue weighted by Crippen LogP contribution is -2.74. The van der Waals surface area contributed by atoms with Gasteiger partial charge >= 0.3 is 17.9 Å². The van der Waals surface area contributed by atoms with Gasteiger partial charge in [0.25, 0.3) is 0 Å². The average molecular weight is 569 g/mol. The van der Waals surface area contributed by atoms with Gasteiger partial charge in [-0.1, -0.05) is 27.7 Å². The molecule has 2 N–H and O–H groups in total. The van der Waals surface area contributed by atoms with Crippen molar-refractivity contribution in [3.05, 3.63) is 0 Å². The van der Waals surface area contributed by atoms with Crippen LogP contribution in [0.4, 0.5) is 0 Å². The number of hydrogen-bond donors (Lipinski definition) is 2. The summed E-state index contributed by atoms with van der Waals surface area (Å²) < 4.78 is 36.0. The predicted octanol–water partition coefficient (Wildman–Crippen LogP) is 2.09. The fourth-order valence-electron chi connectivity index (χ4n) is 8.34. The molecule has 2 saturated carbocycles. The summed E-state index contributed by atoms with van der Waals surface area (Å²) in [5.41, 5.74) is -2.94. The monoisotopic (exact) mass is 568 g/mol. The first-order chi connectivity index (χ1) is 18.8. The lowest BCUT2D eigenvalue weighted by atomic mass is 9.41. The van der Waals surface area contributed by atoms with E-state index in [0.717, 1.165) is 0 Å². The molecular weight excluding hydrogens is 524 g/mol. The first kappa shape index (κ1) is 29.7. The molecule has 1 spiro atoms. The summed E-state index contributed by atoms with van der Waals surface area (Å²) in [5, 5.41) is 21.6. The number of epoxide rings is 1. The Bertz CT molecular complexity index is 998. The van der Waals surface area contributed by atoms with E-state index in [1.54, 1.807) is 6.92 Å². The lowest BCUT2D eigenvalue weighted by molar-refractivity contribution is -0.288. The molecule has 0 amide bonds. The Balaban J connectivity index is 1.61. The minimum atomic E-state index is -1.23. The molecule has 2 aliphatic carbocycles. The average Bonchev–Trinajstić information content (AvgIpc) is 3.46. The normalized spacial score (nSPS) is 48.1. The fraction of sp³-hybridized carbons (Fsp3) is 0.897. The van der Waals surface area contributed by atoms with Crippen molar-refractivity contribution in [1.29, 1.82) is 0 Å². The molecule has 11 heteroatoms. The van der Waals surface area contributed by atoms with Crippen molar-refractivity contribution in [2.75, 3.05) is 13.2 Å². The van der Waals surface area contributed by atoms with E-state index in [-0.39, 0.29) is 43.5 Å². The van der Waals surface area contributed by atoms with Gasteiger partial charge in [-0.15, -0.1) is 0 Å². The van der Waals surface area contributed by atoms with E-state index in [1.165, 1.54) is 13.8 Å². The molecule has 0 bridgehead atoms. The largest absolute Gasteiger partial charge is 0.465 e. The van der Waals surface area contributed by atoms with E-state index in [9.17, 15) is 24.6 Å². The number of rotatable bonds is 7. The van der Waals surface area contributed by atoms with Crippen LogP contribution in [0.5, 0.6) is 0 Å². The van der Waals surface area contributed by atoms with Gasteiger partial charge in [-0.2, -0.15) is 0 Å². The van der Waals surface area contributed by atoms with Gasteiger partial charge in [-0.3, -0.25) is 14.4 Å². The summed E-state index contributed by atoms with van der Waals surface area (Å²) in [6, 6.07) is 0. The topological polar surface area (TPSA) is 150 Å². The lowest BCUT2D eigenvalue weighted by Gasteiger charge is -2.65. The third kappa shape index (κ3) is 4.47. The van der Waals surface area contributed by atoms with Crippen molar-refractivity contribution in [1.82, 2.24) is 0 Å². The molecule has 0 aromatic heterocycles. The van der Waals surface area contributed by atoms with E-state index >= 15 is 0 Å². The highest BCUT2D eigenvalue weighted by atomic mass is 16.7. The van der Waals surface area contributed by atoms with Crippen LogP contribution in [-0.4, -0.2) is 83.9 Å². The summed E-state index contributed by atoms with van der Waals surface area (Å²) in [6.45, 7) is 10.5. The van der Waals surface area contributed by atoms with Crippen LogP contribution in [0.1, 0.15) is 73.6 Å². The molecule has 5 aliphatic rings. The van der Waals surface area contributed by atoms with Crippen molar-refractivity contribution in [3.8, 4) is 0 Å². The number of esters is 3. The zero-order valence-corrected chi connectivity index (χ0v) is 24.3. The molecule has 0 unspecified atom stereocenters.